The van der Waals surface area contributed by atoms with Crippen LogP contribution in [0, 0.1) is 11.8 Å². The Kier molecular flexibility index (Phi) is 5.65. The summed E-state index contributed by atoms with van der Waals surface area (Å²) in [5.41, 5.74) is 0. The van der Waals surface area contributed by atoms with Crippen LogP contribution in [-0.4, -0.2) is 73.9 Å². The molecule has 1 heterocycles. The van der Waals surface area contributed by atoms with Gasteiger partial charge in [-0.1, -0.05) is 12.1 Å². The summed E-state index contributed by atoms with van der Waals surface area (Å²) < 4.78 is 11.5. The number of nitrogens with zero attached hydrogens (tertiary/aromatic N) is 2. The fourth-order valence-corrected chi connectivity index (χ4v) is 4.67. The monoisotopic (exact) mass is 398 g/mol. The minimum Gasteiger partial charge on any atom is -0.497 e. The molecule has 0 spiro atoms. The van der Waals surface area contributed by atoms with Gasteiger partial charge in [0.25, 0.3) is 0 Å². The first-order valence-electron chi connectivity index (χ1n) is 10.3. The second-order valence-electron chi connectivity index (χ2n) is 8.63. The lowest BCUT2D eigenvalue weighted by atomic mass is 9.78. The molecule has 2 fully saturated rings. The van der Waals surface area contributed by atoms with Crippen molar-refractivity contribution in [1.29, 1.82) is 0 Å². The van der Waals surface area contributed by atoms with E-state index in [0.717, 1.165) is 41.8 Å². The molecule has 0 unspecified atom stereocenters. The Labute approximate surface area is 172 Å². The van der Waals surface area contributed by atoms with Crippen molar-refractivity contribution < 1.29 is 19.4 Å². The van der Waals surface area contributed by atoms with Gasteiger partial charge in [0.15, 0.2) is 0 Å². The Morgan fingerprint density at radius 2 is 1.72 bits per heavy atom. The van der Waals surface area contributed by atoms with E-state index in [1.165, 1.54) is 0 Å². The van der Waals surface area contributed by atoms with E-state index < -0.39 is 6.10 Å². The topological polar surface area (TPSA) is 62.2 Å². The minimum atomic E-state index is -0.513. The number of aliphatic hydroxyl groups excluding tert-OH is 1. The van der Waals surface area contributed by atoms with Gasteiger partial charge < -0.3 is 24.4 Å². The van der Waals surface area contributed by atoms with Crippen molar-refractivity contribution in [2.75, 3.05) is 40.8 Å². The van der Waals surface area contributed by atoms with Gasteiger partial charge in [0.05, 0.1) is 19.8 Å². The number of hydrogen-bond acceptors (Lipinski definition) is 5. The number of hydrogen-bond donors (Lipinski definition) is 1. The maximum Gasteiger partial charge on any atom is 0.236 e. The molecule has 4 atom stereocenters. The van der Waals surface area contributed by atoms with E-state index >= 15 is 0 Å². The zero-order chi connectivity index (χ0) is 20.5. The molecule has 2 aromatic rings. The number of amides is 1. The van der Waals surface area contributed by atoms with Gasteiger partial charge in [0.1, 0.15) is 17.6 Å². The van der Waals surface area contributed by atoms with E-state index in [1.807, 2.05) is 60.3 Å². The van der Waals surface area contributed by atoms with Crippen molar-refractivity contribution in [2.24, 2.45) is 11.8 Å². The molecule has 1 aliphatic carbocycles. The van der Waals surface area contributed by atoms with Crippen molar-refractivity contribution in [1.82, 2.24) is 9.80 Å². The maximum absolute atomic E-state index is 12.4. The van der Waals surface area contributed by atoms with Gasteiger partial charge in [-0.3, -0.25) is 4.79 Å². The quantitative estimate of drug-likeness (QED) is 0.838. The lowest BCUT2D eigenvalue weighted by Gasteiger charge is -2.35. The molecule has 29 heavy (non-hydrogen) atoms. The van der Waals surface area contributed by atoms with E-state index in [0.29, 0.717) is 24.8 Å². The van der Waals surface area contributed by atoms with Crippen LogP contribution in [0.2, 0.25) is 0 Å². The molecule has 2 aromatic carbocycles. The van der Waals surface area contributed by atoms with E-state index in [9.17, 15) is 9.90 Å². The van der Waals surface area contributed by atoms with Crippen LogP contribution >= 0.6 is 0 Å². The van der Waals surface area contributed by atoms with Crippen molar-refractivity contribution in [3.8, 4) is 11.5 Å². The molecular weight excluding hydrogens is 368 g/mol. The van der Waals surface area contributed by atoms with Crippen LogP contribution in [0.15, 0.2) is 36.4 Å². The lowest BCUT2D eigenvalue weighted by molar-refractivity contribution is -0.131. The zero-order valence-corrected chi connectivity index (χ0v) is 17.4. The average Bonchev–Trinajstić information content (AvgIpc) is 3.10. The first-order valence-corrected chi connectivity index (χ1v) is 10.3. The van der Waals surface area contributed by atoms with Gasteiger partial charge in [-0.25, -0.2) is 0 Å². The fraction of sp³-hybridized carbons (Fsp3) is 0.522. The highest BCUT2D eigenvalue weighted by Gasteiger charge is 2.43. The number of methoxy groups -OCH3 is 1. The van der Waals surface area contributed by atoms with Crippen LogP contribution in [0.4, 0.5) is 0 Å². The highest BCUT2D eigenvalue weighted by molar-refractivity contribution is 5.85. The Hall–Kier alpha value is -2.31. The first kappa shape index (κ1) is 20.0. The number of carbonyl (C=O) groups is 1. The second-order valence-corrected chi connectivity index (χ2v) is 8.63. The van der Waals surface area contributed by atoms with E-state index in [2.05, 4.69) is 0 Å². The van der Waals surface area contributed by atoms with Gasteiger partial charge in [0.2, 0.25) is 5.91 Å². The van der Waals surface area contributed by atoms with Crippen LogP contribution in [0.1, 0.15) is 12.8 Å². The molecule has 0 radical (unpaired) electrons. The van der Waals surface area contributed by atoms with Gasteiger partial charge in [-0.2, -0.15) is 0 Å². The third-order valence-corrected chi connectivity index (χ3v) is 6.20. The van der Waals surface area contributed by atoms with Crippen LogP contribution in [0.3, 0.4) is 0 Å². The molecule has 2 aliphatic rings. The number of aliphatic hydroxyl groups is 1. The van der Waals surface area contributed by atoms with Gasteiger partial charge in [-0.05, 0) is 73.8 Å². The summed E-state index contributed by atoms with van der Waals surface area (Å²) in [6, 6.07) is 11.9. The average molecular weight is 399 g/mol. The maximum atomic E-state index is 12.4. The highest BCUT2D eigenvalue weighted by Crippen LogP contribution is 2.38. The number of fused-ring (bicyclic) bond motifs is 2. The number of ether oxygens (including phenoxy) is 2. The van der Waals surface area contributed by atoms with Crippen LogP contribution in [-0.2, 0) is 4.79 Å². The van der Waals surface area contributed by atoms with Crippen molar-refractivity contribution >= 4 is 16.7 Å². The lowest BCUT2D eigenvalue weighted by Crippen LogP contribution is -2.42. The molecule has 1 aliphatic heterocycles. The van der Waals surface area contributed by atoms with Crippen LogP contribution in [0.25, 0.3) is 10.8 Å². The summed E-state index contributed by atoms with van der Waals surface area (Å²) in [6.45, 7) is 1.94. The van der Waals surface area contributed by atoms with Crippen molar-refractivity contribution in [3.05, 3.63) is 36.4 Å². The van der Waals surface area contributed by atoms with Crippen molar-refractivity contribution in [3.63, 3.8) is 0 Å². The SMILES string of the molecule is COc1ccc2ccc(O[C@@H]3C[C@@H]4CN(C(=O)CN(C)C)C[C@@H]4C[C@H]3O)cc2c1. The number of likely N-dealkylation sites (tertiary alicyclic amines) is 1. The third kappa shape index (κ3) is 4.33. The summed E-state index contributed by atoms with van der Waals surface area (Å²) in [6.07, 6.45) is 0.695. The normalized spacial score (nSPS) is 26.6. The molecule has 4 rings (SSSR count). The van der Waals surface area contributed by atoms with Crippen LogP contribution < -0.4 is 9.47 Å². The minimum absolute atomic E-state index is 0.167. The fourth-order valence-electron chi connectivity index (χ4n) is 4.67. The summed E-state index contributed by atoms with van der Waals surface area (Å²) in [5, 5.41) is 12.9. The molecule has 156 valence electrons. The molecule has 1 saturated heterocycles. The Morgan fingerprint density at radius 3 is 2.41 bits per heavy atom. The number of carbonyl (C=O) groups excluding carboxylic acids is 1. The molecule has 0 aromatic heterocycles. The van der Waals surface area contributed by atoms with E-state index in [4.69, 9.17) is 9.47 Å². The smallest absolute Gasteiger partial charge is 0.236 e. The predicted octanol–water partition coefficient (Wildman–Crippen LogP) is 2.39. The standard InChI is InChI=1S/C23H30N2O4/c1-24(2)14-23(27)25-12-17-10-21(26)22(11-18(17)13-25)29-20-7-5-15-4-6-19(28-3)8-16(15)9-20/h4-9,17-18,21-22,26H,10-14H2,1-3H3/t17-,18+,21+,22+/m0/s1. The molecule has 1 amide bonds. The number of rotatable bonds is 5. The van der Waals surface area contributed by atoms with Gasteiger partial charge >= 0.3 is 0 Å². The summed E-state index contributed by atoms with van der Waals surface area (Å²) in [4.78, 5) is 16.3. The Morgan fingerprint density at radius 1 is 1.07 bits per heavy atom. The number of likely N-dealkylation sites (N-methyl/N-ethyl adjacent to an activating group) is 1. The molecule has 1 N–H and O–H groups in total. The van der Waals surface area contributed by atoms with Gasteiger partial charge in [-0.15, -0.1) is 0 Å². The summed E-state index contributed by atoms with van der Waals surface area (Å²) in [7, 11) is 5.48. The Balaban J connectivity index is 1.44. The summed E-state index contributed by atoms with van der Waals surface area (Å²) >= 11 is 0. The third-order valence-electron chi connectivity index (χ3n) is 6.20. The van der Waals surface area contributed by atoms with E-state index in [1.54, 1.807) is 7.11 Å². The molecule has 0 bridgehead atoms. The number of benzene rings is 2. The van der Waals surface area contributed by atoms with Crippen molar-refractivity contribution in [2.45, 2.75) is 25.0 Å². The zero-order valence-electron chi connectivity index (χ0n) is 17.4. The predicted molar refractivity (Wildman–Crippen MR) is 112 cm³/mol. The highest BCUT2D eigenvalue weighted by atomic mass is 16.5. The molecule has 6 nitrogen and oxygen atoms in total. The summed E-state index contributed by atoms with van der Waals surface area (Å²) in [5.74, 6) is 2.47. The molecule has 1 saturated carbocycles. The van der Waals surface area contributed by atoms with Crippen LogP contribution in [0.5, 0.6) is 11.5 Å². The molecular formula is C23H30N2O4. The second kappa shape index (κ2) is 8.20. The largest absolute Gasteiger partial charge is 0.497 e. The first-order chi connectivity index (χ1) is 13.9. The Bertz CT molecular complexity index is 884. The van der Waals surface area contributed by atoms with Gasteiger partial charge in [0, 0.05) is 13.1 Å². The molecule has 6 heteroatoms. The van der Waals surface area contributed by atoms with E-state index in [-0.39, 0.29) is 12.0 Å².